The van der Waals surface area contributed by atoms with Gasteiger partial charge in [-0.15, -0.1) is 0 Å². The molecule has 0 spiro atoms. The van der Waals surface area contributed by atoms with Gasteiger partial charge in [-0.3, -0.25) is 9.36 Å². The Hall–Kier alpha value is -4.19. The SMILES string of the molecule is CCOC(=O)C1=C(C)N=c2sc(=Cc3cc(Cl)ccc3OS(=O)(=O)c3ccc(C)cc3)c(=O)n2[C@@H]1c1ccc(OC)cc1. The summed E-state index contributed by atoms with van der Waals surface area (Å²) in [6.45, 7) is 5.40. The topological polar surface area (TPSA) is 113 Å². The van der Waals surface area contributed by atoms with Crippen molar-refractivity contribution in [1.82, 2.24) is 4.57 Å². The summed E-state index contributed by atoms with van der Waals surface area (Å²) in [6, 6.07) is 16.9. The highest BCUT2D eigenvalue weighted by atomic mass is 35.5. The van der Waals surface area contributed by atoms with Gasteiger partial charge in [0.15, 0.2) is 4.80 Å². The van der Waals surface area contributed by atoms with Crippen molar-refractivity contribution in [2.45, 2.75) is 31.7 Å². The second-order valence-electron chi connectivity index (χ2n) is 9.61. The Balaban J connectivity index is 1.65. The number of hydrogen-bond acceptors (Lipinski definition) is 9. The number of aryl methyl sites for hydroxylation is 1. The van der Waals surface area contributed by atoms with E-state index in [-0.39, 0.29) is 32.9 Å². The van der Waals surface area contributed by atoms with Gasteiger partial charge in [0.2, 0.25) is 0 Å². The van der Waals surface area contributed by atoms with Crippen LogP contribution in [0.2, 0.25) is 5.02 Å². The van der Waals surface area contributed by atoms with Crippen LogP contribution in [0.4, 0.5) is 0 Å². The summed E-state index contributed by atoms with van der Waals surface area (Å²) in [5.74, 6) is 0.0280. The third kappa shape index (κ3) is 6.15. The lowest BCUT2D eigenvalue weighted by Gasteiger charge is -2.24. The Morgan fingerprint density at radius 3 is 2.42 bits per heavy atom. The molecule has 0 radical (unpaired) electrons. The van der Waals surface area contributed by atoms with Crippen molar-refractivity contribution in [2.75, 3.05) is 13.7 Å². The zero-order valence-corrected chi connectivity index (χ0v) is 26.0. The first-order chi connectivity index (χ1) is 20.5. The van der Waals surface area contributed by atoms with Gasteiger partial charge in [-0.1, -0.05) is 52.8 Å². The highest BCUT2D eigenvalue weighted by Gasteiger charge is 2.33. The second kappa shape index (κ2) is 12.2. The molecule has 222 valence electrons. The summed E-state index contributed by atoms with van der Waals surface area (Å²) in [7, 11) is -2.63. The Morgan fingerprint density at radius 1 is 1.07 bits per heavy atom. The Labute approximate surface area is 257 Å². The summed E-state index contributed by atoms with van der Waals surface area (Å²) in [5.41, 5.74) is 2.05. The van der Waals surface area contributed by atoms with Crippen LogP contribution >= 0.6 is 22.9 Å². The number of carbonyl (C=O) groups excluding carboxylic acids is 1. The molecule has 0 N–H and O–H groups in total. The van der Waals surface area contributed by atoms with Gasteiger partial charge in [0.1, 0.15) is 16.4 Å². The minimum Gasteiger partial charge on any atom is -0.497 e. The number of benzene rings is 3. The molecule has 1 aliphatic rings. The van der Waals surface area contributed by atoms with Gasteiger partial charge in [0, 0.05) is 10.6 Å². The molecule has 43 heavy (non-hydrogen) atoms. The minimum absolute atomic E-state index is 0.00842. The van der Waals surface area contributed by atoms with Crippen molar-refractivity contribution < 1.29 is 26.9 Å². The largest absolute Gasteiger partial charge is 0.497 e. The molecule has 0 unspecified atom stereocenters. The van der Waals surface area contributed by atoms with Crippen molar-refractivity contribution >= 4 is 45.1 Å². The van der Waals surface area contributed by atoms with Gasteiger partial charge in [0.05, 0.1) is 35.6 Å². The first-order valence-electron chi connectivity index (χ1n) is 13.2. The van der Waals surface area contributed by atoms with Crippen molar-refractivity contribution in [2.24, 2.45) is 4.99 Å². The van der Waals surface area contributed by atoms with E-state index in [2.05, 4.69) is 4.99 Å². The molecule has 1 aliphatic heterocycles. The predicted octanol–water partition coefficient (Wildman–Crippen LogP) is 4.54. The van der Waals surface area contributed by atoms with E-state index in [1.54, 1.807) is 57.4 Å². The number of aromatic nitrogens is 1. The summed E-state index contributed by atoms with van der Waals surface area (Å²) < 4.78 is 43.9. The number of esters is 1. The fraction of sp³-hybridized carbons (Fsp3) is 0.194. The summed E-state index contributed by atoms with van der Waals surface area (Å²) >= 11 is 7.36. The lowest BCUT2D eigenvalue weighted by molar-refractivity contribution is -0.139. The average Bonchev–Trinajstić information content (AvgIpc) is 3.28. The maximum absolute atomic E-state index is 14.0. The van der Waals surface area contributed by atoms with Gasteiger partial charge in [-0.05, 0) is 74.9 Å². The monoisotopic (exact) mass is 638 g/mol. The van der Waals surface area contributed by atoms with Gasteiger partial charge in [0.25, 0.3) is 5.56 Å². The van der Waals surface area contributed by atoms with Gasteiger partial charge in [-0.25, -0.2) is 9.79 Å². The van der Waals surface area contributed by atoms with Crippen molar-refractivity contribution in [3.63, 3.8) is 0 Å². The Morgan fingerprint density at radius 2 is 1.77 bits per heavy atom. The van der Waals surface area contributed by atoms with Crippen LogP contribution in [-0.4, -0.2) is 32.7 Å². The zero-order chi connectivity index (χ0) is 30.9. The van der Waals surface area contributed by atoms with E-state index in [9.17, 15) is 18.0 Å². The van der Waals surface area contributed by atoms with Crippen LogP contribution in [0, 0.1) is 6.92 Å². The van der Waals surface area contributed by atoms with Crippen LogP contribution in [0.5, 0.6) is 11.5 Å². The number of carbonyl (C=O) groups is 1. The number of hydrogen-bond donors (Lipinski definition) is 0. The molecule has 3 aromatic carbocycles. The van der Waals surface area contributed by atoms with Crippen LogP contribution in [0.25, 0.3) is 6.08 Å². The van der Waals surface area contributed by atoms with Crippen molar-refractivity contribution in [3.8, 4) is 11.5 Å². The number of rotatable bonds is 8. The normalized spacial score (nSPS) is 15.1. The Kier molecular flexibility index (Phi) is 8.59. The molecule has 5 rings (SSSR count). The molecule has 12 heteroatoms. The molecular weight excluding hydrogens is 612 g/mol. The molecule has 4 aromatic rings. The van der Waals surface area contributed by atoms with E-state index in [1.165, 1.54) is 41.0 Å². The third-order valence-corrected chi connectivity index (χ3v) is 9.18. The third-order valence-electron chi connectivity index (χ3n) is 6.72. The second-order valence-corrected chi connectivity index (χ2v) is 12.6. The molecule has 0 fully saturated rings. The van der Waals surface area contributed by atoms with Crippen LogP contribution in [0.15, 0.2) is 92.7 Å². The number of fused-ring (bicyclic) bond motifs is 1. The molecule has 0 aliphatic carbocycles. The molecule has 0 saturated carbocycles. The molecule has 1 aromatic heterocycles. The lowest BCUT2D eigenvalue weighted by Crippen LogP contribution is -2.39. The number of thiazole rings is 1. The highest BCUT2D eigenvalue weighted by Crippen LogP contribution is 2.32. The number of nitrogens with zero attached hydrogens (tertiary/aromatic N) is 2. The summed E-state index contributed by atoms with van der Waals surface area (Å²) in [4.78, 5) is 32.0. The Bertz CT molecular complexity index is 2030. The fourth-order valence-corrected chi connectivity index (χ4v) is 6.79. The standard InChI is InChI=1S/C31H27ClN2O7S2/c1-5-40-30(36)27-19(3)33-31-34(28(27)20-8-11-23(39-4)12-9-20)29(35)26(42-31)17-21-16-22(32)10-15-25(21)41-43(37,38)24-13-6-18(2)7-14-24/h6-17,28H,5H2,1-4H3/t28-/m1/s1. The van der Waals surface area contributed by atoms with Gasteiger partial charge >= 0.3 is 16.1 Å². The quantitative estimate of drug-likeness (QED) is 0.206. The number of halogens is 1. The number of allylic oxidation sites excluding steroid dienone is 1. The van der Waals surface area contributed by atoms with E-state index < -0.39 is 27.7 Å². The van der Waals surface area contributed by atoms with Crippen LogP contribution in [0.1, 0.15) is 36.6 Å². The van der Waals surface area contributed by atoms with E-state index >= 15 is 0 Å². The maximum atomic E-state index is 14.0. The first-order valence-corrected chi connectivity index (χ1v) is 15.8. The summed E-state index contributed by atoms with van der Waals surface area (Å²) in [5, 5.41) is 0.315. The molecular formula is C31H27ClN2O7S2. The zero-order valence-electron chi connectivity index (χ0n) is 23.7. The van der Waals surface area contributed by atoms with E-state index in [0.29, 0.717) is 26.8 Å². The molecule has 0 amide bonds. The van der Waals surface area contributed by atoms with Crippen molar-refractivity contribution in [1.29, 1.82) is 0 Å². The predicted molar refractivity (Wildman–Crippen MR) is 164 cm³/mol. The lowest BCUT2D eigenvalue weighted by atomic mass is 9.96. The van der Waals surface area contributed by atoms with E-state index in [1.807, 2.05) is 6.92 Å². The smallest absolute Gasteiger partial charge is 0.339 e. The maximum Gasteiger partial charge on any atom is 0.339 e. The fourth-order valence-electron chi connectivity index (χ4n) is 4.61. The van der Waals surface area contributed by atoms with E-state index in [0.717, 1.165) is 16.9 Å². The van der Waals surface area contributed by atoms with Gasteiger partial charge < -0.3 is 13.7 Å². The minimum atomic E-state index is -4.18. The average molecular weight is 639 g/mol. The molecule has 9 nitrogen and oxygen atoms in total. The van der Waals surface area contributed by atoms with Crippen LogP contribution < -0.4 is 23.8 Å². The number of methoxy groups -OCH3 is 1. The molecule has 0 saturated heterocycles. The number of ether oxygens (including phenoxy) is 2. The van der Waals surface area contributed by atoms with Crippen LogP contribution in [0.3, 0.4) is 0 Å². The highest BCUT2D eigenvalue weighted by molar-refractivity contribution is 7.87. The summed E-state index contributed by atoms with van der Waals surface area (Å²) in [6.07, 6.45) is 1.50. The van der Waals surface area contributed by atoms with E-state index in [4.69, 9.17) is 25.3 Å². The van der Waals surface area contributed by atoms with Crippen molar-refractivity contribution in [3.05, 3.63) is 119 Å². The molecule has 2 heterocycles. The van der Waals surface area contributed by atoms with Gasteiger partial charge in [-0.2, -0.15) is 8.42 Å². The molecule has 0 bridgehead atoms. The van der Waals surface area contributed by atoms with Crippen LogP contribution in [-0.2, 0) is 19.6 Å². The molecule has 1 atom stereocenters. The first kappa shape index (κ1) is 30.3.